The minimum absolute atomic E-state index is 0.0362. The number of esters is 1. The first-order chi connectivity index (χ1) is 7.19. The van der Waals surface area contributed by atoms with Crippen molar-refractivity contribution in [3.05, 3.63) is 0 Å². The average Bonchev–Trinajstić information content (AvgIpc) is 2.16. The minimum atomic E-state index is -0.122. The number of piperidine rings is 1. The molecule has 0 spiro atoms. The van der Waals surface area contributed by atoms with Gasteiger partial charge in [0.2, 0.25) is 0 Å². The Bertz CT molecular complexity index is 248. The number of carbonyl (C=O) groups excluding carboxylic acids is 1. The molecule has 2 aliphatic rings. The highest BCUT2D eigenvalue weighted by Crippen LogP contribution is 2.50. The van der Waals surface area contributed by atoms with E-state index in [4.69, 9.17) is 4.74 Å². The van der Waals surface area contributed by atoms with E-state index < -0.39 is 0 Å². The van der Waals surface area contributed by atoms with Crippen LogP contribution in [-0.2, 0) is 9.53 Å². The lowest BCUT2D eigenvalue weighted by Gasteiger charge is -2.48. The molecule has 3 heteroatoms. The normalized spacial score (nSPS) is 30.7. The van der Waals surface area contributed by atoms with Crippen molar-refractivity contribution in [3.8, 4) is 0 Å². The van der Waals surface area contributed by atoms with Gasteiger partial charge in [-0.2, -0.15) is 0 Å². The van der Waals surface area contributed by atoms with E-state index >= 15 is 0 Å². The van der Waals surface area contributed by atoms with Gasteiger partial charge in [-0.25, -0.2) is 0 Å². The third kappa shape index (κ3) is 1.78. The van der Waals surface area contributed by atoms with Crippen molar-refractivity contribution in [1.29, 1.82) is 0 Å². The van der Waals surface area contributed by atoms with Crippen LogP contribution in [0.5, 0.6) is 0 Å². The van der Waals surface area contributed by atoms with Gasteiger partial charge in [0.15, 0.2) is 0 Å². The molecule has 0 aromatic rings. The molecule has 15 heavy (non-hydrogen) atoms. The second-order valence-electron chi connectivity index (χ2n) is 5.10. The molecule has 0 aromatic heterocycles. The summed E-state index contributed by atoms with van der Waals surface area (Å²) >= 11 is 0. The maximum atomic E-state index is 11.9. The molecular formula is C12H21NO2. The molecule has 1 unspecified atom stereocenters. The van der Waals surface area contributed by atoms with E-state index in [1.165, 1.54) is 32.9 Å². The van der Waals surface area contributed by atoms with E-state index in [0.717, 1.165) is 19.4 Å². The van der Waals surface area contributed by atoms with Gasteiger partial charge in [-0.05, 0) is 45.2 Å². The molecule has 0 bridgehead atoms. The molecule has 0 aromatic carbocycles. The summed E-state index contributed by atoms with van der Waals surface area (Å²) in [7, 11) is 3.67. The summed E-state index contributed by atoms with van der Waals surface area (Å²) in [6.07, 6.45) is 5.69. The van der Waals surface area contributed by atoms with Gasteiger partial charge in [0.1, 0.15) is 0 Å². The summed E-state index contributed by atoms with van der Waals surface area (Å²) in [4.78, 5) is 14.2. The Hall–Kier alpha value is -0.570. The molecule has 1 aliphatic heterocycles. The van der Waals surface area contributed by atoms with Crippen LogP contribution in [0, 0.1) is 11.3 Å². The summed E-state index contributed by atoms with van der Waals surface area (Å²) < 4.78 is 4.99. The van der Waals surface area contributed by atoms with Crippen LogP contribution in [-0.4, -0.2) is 38.1 Å². The number of methoxy groups -OCH3 is 1. The Balaban J connectivity index is 2.08. The van der Waals surface area contributed by atoms with Gasteiger partial charge in [0.05, 0.1) is 12.5 Å². The Morgan fingerprint density at radius 3 is 2.60 bits per heavy atom. The smallest absolute Gasteiger partial charge is 0.312 e. The molecule has 86 valence electrons. The minimum Gasteiger partial charge on any atom is -0.469 e. The summed E-state index contributed by atoms with van der Waals surface area (Å²) in [5.41, 5.74) is -0.122. The molecule has 0 radical (unpaired) electrons. The van der Waals surface area contributed by atoms with E-state index in [9.17, 15) is 4.79 Å². The molecule has 1 aliphatic carbocycles. The number of carbonyl (C=O) groups is 1. The highest BCUT2D eigenvalue weighted by atomic mass is 16.5. The van der Waals surface area contributed by atoms with Crippen molar-refractivity contribution in [1.82, 2.24) is 4.90 Å². The predicted octanol–water partition coefficient (Wildman–Crippen LogP) is 1.67. The Kier molecular flexibility index (Phi) is 3.01. The average molecular weight is 211 g/mol. The fourth-order valence-corrected chi connectivity index (χ4v) is 3.16. The number of nitrogens with zero attached hydrogens (tertiary/aromatic N) is 1. The summed E-state index contributed by atoms with van der Waals surface area (Å²) in [6, 6.07) is 0. The number of likely N-dealkylation sites (tertiary alicyclic amines) is 1. The second kappa shape index (κ2) is 4.12. The first-order valence-corrected chi connectivity index (χ1v) is 5.96. The van der Waals surface area contributed by atoms with Crippen LogP contribution in [0.2, 0.25) is 0 Å². The first kappa shape index (κ1) is 10.9. The van der Waals surface area contributed by atoms with Gasteiger partial charge >= 0.3 is 5.97 Å². The van der Waals surface area contributed by atoms with Crippen molar-refractivity contribution in [2.75, 3.05) is 27.2 Å². The van der Waals surface area contributed by atoms with Gasteiger partial charge in [-0.1, -0.05) is 6.42 Å². The van der Waals surface area contributed by atoms with Crippen molar-refractivity contribution in [2.24, 2.45) is 11.3 Å². The van der Waals surface area contributed by atoms with E-state index in [2.05, 4.69) is 11.9 Å². The van der Waals surface area contributed by atoms with Crippen LogP contribution >= 0.6 is 0 Å². The molecule has 2 rings (SSSR count). The van der Waals surface area contributed by atoms with Crippen LogP contribution in [0.15, 0.2) is 0 Å². The molecule has 1 saturated carbocycles. The van der Waals surface area contributed by atoms with E-state index in [-0.39, 0.29) is 11.4 Å². The zero-order valence-corrected chi connectivity index (χ0v) is 9.79. The van der Waals surface area contributed by atoms with Gasteiger partial charge in [0.25, 0.3) is 0 Å². The number of rotatable bonds is 2. The van der Waals surface area contributed by atoms with Gasteiger partial charge in [-0.3, -0.25) is 4.79 Å². The molecule has 1 heterocycles. The van der Waals surface area contributed by atoms with Crippen molar-refractivity contribution < 1.29 is 9.53 Å². The maximum Gasteiger partial charge on any atom is 0.312 e. The molecule has 3 nitrogen and oxygen atoms in total. The van der Waals surface area contributed by atoms with Gasteiger partial charge < -0.3 is 9.64 Å². The quantitative estimate of drug-likeness (QED) is 0.651. The van der Waals surface area contributed by atoms with E-state index in [0.29, 0.717) is 5.92 Å². The largest absolute Gasteiger partial charge is 0.469 e. The lowest BCUT2D eigenvalue weighted by atomic mass is 9.59. The van der Waals surface area contributed by atoms with Gasteiger partial charge in [0, 0.05) is 6.54 Å². The molecule has 2 fully saturated rings. The highest BCUT2D eigenvalue weighted by Gasteiger charge is 2.51. The van der Waals surface area contributed by atoms with Crippen LogP contribution in [0.4, 0.5) is 0 Å². The number of hydrogen-bond acceptors (Lipinski definition) is 3. The molecular weight excluding hydrogens is 190 g/mol. The molecule has 1 saturated heterocycles. The zero-order valence-electron chi connectivity index (χ0n) is 9.79. The van der Waals surface area contributed by atoms with Crippen molar-refractivity contribution >= 4 is 5.97 Å². The van der Waals surface area contributed by atoms with E-state index in [1.807, 2.05) is 0 Å². The molecule has 0 N–H and O–H groups in total. The summed E-state index contributed by atoms with van der Waals surface area (Å²) in [5, 5.41) is 0. The SMILES string of the molecule is COC(=O)C1(C2CCCN(C)C2)CCC1. The molecule has 1 atom stereocenters. The standard InChI is InChI=1S/C12H21NO2/c1-13-8-3-5-10(9-13)12(6-4-7-12)11(14)15-2/h10H,3-9H2,1-2H3. The topological polar surface area (TPSA) is 29.5 Å². The van der Waals surface area contributed by atoms with E-state index in [1.54, 1.807) is 0 Å². The van der Waals surface area contributed by atoms with Gasteiger partial charge in [-0.15, -0.1) is 0 Å². The predicted molar refractivity (Wildman–Crippen MR) is 58.5 cm³/mol. The third-order valence-corrected chi connectivity index (χ3v) is 4.24. The lowest BCUT2D eigenvalue weighted by molar-refractivity contribution is -0.165. The molecule has 0 amide bonds. The lowest BCUT2D eigenvalue weighted by Crippen LogP contribution is -2.50. The maximum absolute atomic E-state index is 11.9. The second-order valence-corrected chi connectivity index (χ2v) is 5.10. The van der Waals surface area contributed by atoms with Crippen LogP contribution in [0.3, 0.4) is 0 Å². The Labute approximate surface area is 91.8 Å². The summed E-state index contributed by atoms with van der Waals surface area (Å²) in [5.74, 6) is 0.562. The Morgan fingerprint density at radius 2 is 2.13 bits per heavy atom. The Morgan fingerprint density at radius 1 is 1.40 bits per heavy atom. The van der Waals surface area contributed by atoms with Crippen LogP contribution in [0.1, 0.15) is 32.1 Å². The monoisotopic (exact) mass is 211 g/mol. The highest BCUT2D eigenvalue weighted by molar-refractivity contribution is 5.78. The van der Waals surface area contributed by atoms with Crippen LogP contribution in [0.25, 0.3) is 0 Å². The first-order valence-electron chi connectivity index (χ1n) is 5.96. The summed E-state index contributed by atoms with van der Waals surface area (Å²) in [6.45, 7) is 2.24. The number of hydrogen-bond donors (Lipinski definition) is 0. The number of ether oxygens (including phenoxy) is 1. The van der Waals surface area contributed by atoms with Crippen LogP contribution < -0.4 is 0 Å². The van der Waals surface area contributed by atoms with Crippen molar-refractivity contribution in [2.45, 2.75) is 32.1 Å². The van der Waals surface area contributed by atoms with Crippen molar-refractivity contribution in [3.63, 3.8) is 0 Å². The fourth-order valence-electron chi connectivity index (χ4n) is 3.16. The zero-order chi connectivity index (χ0) is 10.9. The fraction of sp³-hybridized carbons (Fsp3) is 0.917. The third-order valence-electron chi connectivity index (χ3n) is 4.24.